The number of carbonyl (C=O) groups excluding carboxylic acids is 1. The molecule has 1 amide bonds. The number of rotatable bonds is 10. The summed E-state index contributed by atoms with van der Waals surface area (Å²) in [5, 5.41) is 22.7. The first kappa shape index (κ1) is 31.1. The van der Waals surface area contributed by atoms with Crippen LogP contribution in [0.4, 0.5) is 5.69 Å². The third-order valence-electron chi connectivity index (χ3n) is 8.43. The fourth-order valence-corrected chi connectivity index (χ4v) is 6.52. The molecule has 0 fully saturated rings. The Hall–Kier alpha value is -3.36. The van der Waals surface area contributed by atoms with Gasteiger partial charge in [-0.05, 0) is 67.0 Å². The van der Waals surface area contributed by atoms with Crippen LogP contribution in [0.1, 0.15) is 74.2 Å². The van der Waals surface area contributed by atoms with Crippen LogP contribution in [-0.4, -0.2) is 58.0 Å². The smallest absolute Gasteiger partial charge is 0.291 e. The maximum atomic E-state index is 13.6. The highest BCUT2D eigenvalue weighted by Crippen LogP contribution is 2.45. The van der Waals surface area contributed by atoms with Crippen LogP contribution in [0, 0.1) is 16.7 Å². The van der Waals surface area contributed by atoms with E-state index in [4.69, 9.17) is 14.5 Å². The number of hydrogen-bond donors (Lipinski definition) is 2. The van der Waals surface area contributed by atoms with Gasteiger partial charge in [-0.3, -0.25) is 4.79 Å². The quantitative estimate of drug-likeness (QED) is 0.190. The summed E-state index contributed by atoms with van der Waals surface area (Å²) in [6.07, 6.45) is 13.1. The summed E-state index contributed by atoms with van der Waals surface area (Å²) in [5.41, 5.74) is 3.18. The highest BCUT2D eigenvalue weighted by atomic mass is 28.3. The summed E-state index contributed by atoms with van der Waals surface area (Å²) in [6.45, 7) is 14.0. The maximum absolute atomic E-state index is 13.6. The number of nitrogens with zero attached hydrogens (tertiary/aromatic N) is 4. The fraction of sp³-hybridized carbons (Fsp3) is 0.515. The second-order valence-electron chi connectivity index (χ2n) is 14.2. The topological polar surface area (TPSA) is 122 Å². The molecule has 4 heterocycles. The lowest BCUT2D eigenvalue weighted by Crippen LogP contribution is -2.40. The van der Waals surface area contributed by atoms with Crippen molar-refractivity contribution in [2.45, 2.75) is 90.1 Å². The lowest BCUT2D eigenvalue weighted by atomic mass is 9.77. The van der Waals surface area contributed by atoms with Gasteiger partial charge in [0, 0.05) is 27.3 Å². The fourth-order valence-electron chi connectivity index (χ4n) is 5.76. The molecule has 0 saturated heterocycles. The molecule has 5 rings (SSSR count). The number of aromatic nitrogens is 3. The molecule has 2 bridgehead atoms. The van der Waals surface area contributed by atoms with E-state index < -0.39 is 25.2 Å². The number of aliphatic hydroxyl groups is 1. The Bertz CT molecular complexity index is 1540. The number of allylic oxidation sites excluding steroid dienone is 2. The highest BCUT2D eigenvalue weighted by Gasteiger charge is 2.45. The van der Waals surface area contributed by atoms with E-state index in [1.807, 2.05) is 37.3 Å². The number of nitrogens with one attached hydrogen (secondary N) is 1. The molecule has 3 aliphatic rings. The monoisotopic (exact) mass is 601 g/mol. The number of ether oxygens (including phenoxy) is 2. The minimum absolute atomic E-state index is 0.114. The van der Waals surface area contributed by atoms with E-state index in [-0.39, 0.29) is 30.3 Å². The number of carbonyl (C=O) groups is 1. The van der Waals surface area contributed by atoms with E-state index in [0.29, 0.717) is 18.7 Å². The Morgan fingerprint density at radius 1 is 1.21 bits per heavy atom. The van der Waals surface area contributed by atoms with Crippen LogP contribution in [0.3, 0.4) is 0 Å². The number of pyridine rings is 1. The summed E-state index contributed by atoms with van der Waals surface area (Å²) in [7, 11) is -1.27. The Morgan fingerprint density at radius 2 is 2.00 bits per heavy atom. The normalized spacial score (nSPS) is 24.3. The van der Waals surface area contributed by atoms with Gasteiger partial charge in [-0.1, -0.05) is 51.7 Å². The number of fused-ring (bicyclic) bond motifs is 2. The molecule has 0 aromatic carbocycles. The van der Waals surface area contributed by atoms with Gasteiger partial charge in [0.1, 0.15) is 24.0 Å². The summed E-state index contributed by atoms with van der Waals surface area (Å²) < 4.78 is 13.6. The minimum Gasteiger partial charge on any atom is -0.393 e. The van der Waals surface area contributed by atoms with Gasteiger partial charge in [0.05, 0.1) is 23.7 Å². The number of nitriles is 1. The zero-order valence-electron chi connectivity index (χ0n) is 26.2. The molecule has 2 atom stereocenters. The van der Waals surface area contributed by atoms with Crippen molar-refractivity contribution in [2.24, 2.45) is 5.41 Å². The molecule has 0 radical (unpaired) electrons. The van der Waals surface area contributed by atoms with Gasteiger partial charge in [0.25, 0.3) is 5.91 Å². The third kappa shape index (κ3) is 7.07. The van der Waals surface area contributed by atoms with Crippen molar-refractivity contribution in [2.75, 3.05) is 18.5 Å². The lowest BCUT2D eigenvalue weighted by molar-refractivity contribution is -0.0849. The second kappa shape index (κ2) is 11.6. The number of aliphatic hydroxyl groups excluding tert-OH is 1. The van der Waals surface area contributed by atoms with Crippen LogP contribution in [0.25, 0.3) is 11.1 Å². The van der Waals surface area contributed by atoms with E-state index in [1.54, 1.807) is 10.8 Å². The van der Waals surface area contributed by atoms with E-state index in [9.17, 15) is 15.2 Å². The van der Waals surface area contributed by atoms with Crippen LogP contribution >= 0.6 is 0 Å². The minimum atomic E-state index is -1.27. The summed E-state index contributed by atoms with van der Waals surface area (Å²) in [5.74, 6) is -0.312. The van der Waals surface area contributed by atoms with Gasteiger partial charge in [0.2, 0.25) is 5.82 Å². The maximum Gasteiger partial charge on any atom is 0.291 e. The molecule has 2 aliphatic heterocycles. The summed E-state index contributed by atoms with van der Waals surface area (Å²) in [4.78, 5) is 23.0. The van der Waals surface area contributed by atoms with Gasteiger partial charge in [-0.2, -0.15) is 5.26 Å². The van der Waals surface area contributed by atoms with Crippen molar-refractivity contribution < 1.29 is 19.4 Å². The van der Waals surface area contributed by atoms with E-state index in [2.05, 4.69) is 55.9 Å². The standard InChI is InChI=1S/C33H43N5O4Si/c1-31(2)11-9-23(10-12-31)28-27(8-7-26(36-28)24-17-32(3)13-14-33(18-24,21-39)42-32)37-30(40)29-35-25(19-34)20-38(29)22-41-15-16-43(4,5)6/h7-9,13-14,17,20,39H,10-12,15-16,18,21-22H2,1-6H3,(H,37,40). The number of hydrogen-bond acceptors (Lipinski definition) is 7. The Morgan fingerprint density at radius 3 is 2.67 bits per heavy atom. The van der Waals surface area contributed by atoms with Crippen LogP contribution < -0.4 is 5.32 Å². The molecule has 0 spiro atoms. The molecule has 2 aromatic heterocycles. The third-order valence-corrected chi connectivity index (χ3v) is 10.1. The number of imidazole rings is 1. The summed E-state index contributed by atoms with van der Waals surface area (Å²) >= 11 is 0. The van der Waals surface area contributed by atoms with Crippen molar-refractivity contribution in [1.29, 1.82) is 5.26 Å². The van der Waals surface area contributed by atoms with Crippen molar-refractivity contribution in [1.82, 2.24) is 14.5 Å². The van der Waals surface area contributed by atoms with Gasteiger partial charge in [-0.15, -0.1) is 0 Å². The second-order valence-corrected chi connectivity index (χ2v) is 19.8. The Balaban J connectivity index is 1.45. The van der Waals surface area contributed by atoms with Gasteiger partial charge < -0.3 is 24.5 Å². The molecule has 10 heteroatoms. The van der Waals surface area contributed by atoms with Crippen molar-refractivity contribution in [3.05, 3.63) is 65.5 Å². The van der Waals surface area contributed by atoms with Crippen molar-refractivity contribution in [3.63, 3.8) is 0 Å². The Labute approximate surface area is 255 Å². The van der Waals surface area contributed by atoms with Crippen LogP contribution in [0.15, 0.2) is 42.6 Å². The van der Waals surface area contributed by atoms with Gasteiger partial charge >= 0.3 is 0 Å². The molecular weight excluding hydrogens is 558 g/mol. The van der Waals surface area contributed by atoms with Gasteiger partial charge in [-0.25, -0.2) is 9.97 Å². The molecule has 1 aliphatic carbocycles. The van der Waals surface area contributed by atoms with Crippen LogP contribution in [0.2, 0.25) is 25.7 Å². The lowest BCUT2D eigenvalue weighted by Gasteiger charge is -2.36. The molecule has 9 nitrogen and oxygen atoms in total. The van der Waals surface area contributed by atoms with Crippen LogP contribution in [-0.2, 0) is 16.2 Å². The van der Waals surface area contributed by atoms with Crippen LogP contribution in [0.5, 0.6) is 0 Å². The van der Waals surface area contributed by atoms with Crippen molar-refractivity contribution >= 4 is 30.8 Å². The molecule has 2 unspecified atom stereocenters. The number of amides is 1. The molecule has 228 valence electrons. The highest BCUT2D eigenvalue weighted by molar-refractivity contribution is 6.76. The van der Waals surface area contributed by atoms with E-state index in [0.717, 1.165) is 47.8 Å². The largest absolute Gasteiger partial charge is 0.393 e. The van der Waals surface area contributed by atoms with E-state index >= 15 is 0 Å². The SMILES string of the molecule is CC1(C)CC=C(c2nc(C3=CC4(C)C=CC(CO)(C3)O4)ccc2NC(=O)c2nc(C#N)cn2COCC[Si](C)(C)C)CC1. The molecule has 0 saturated carbocycles. The zero-order chi connectivity index (χ0) is 31.0. The average Bonchev–Trinajstić information content (AvgIpc) is 3.48. The summed E-state index contributed by atoms with van der Waals surface area (Å²) in [6, 6.07) is 6.83. The predicted molar refractivity (Wildman–Crippen MR) is 170 cm³/mol. The van der Waals surface area contributed by atoms with E-state index in [1.165, 1.54) is 0 Å². The molecular formula is C33H43N5O4Si. The molecule has 43 heavy (non-hydrogen) atoms. The first-order valence-corrected chi connectivity index (χ1v) is 18.7. The first-order chi connectivity index (χ1) is 20.2. The average molecular weight is 602 g/mol. The van der Waals surface area contributed by atoms with Gasteiger partial charge in [0.15, 0.2) is 5.69 Å². The molecule has 2 aromatic rings. The molecule has 2 N–H and O–H groups in total. The predicted octanol–water partition coefficient (Wildman–Crippen LogP) is 6.17. The number of anilines is 1. The van der Waals surface area contributed by atoms with Crippen molar-refractivity contribution in [3.8, 4) is 6.07 Å². The zero-order valence-corrected chi connectivity index (χ0v) is 27.2. The first-order valence-electron chi connectivity index (χ1n) is 15.0. The Kier molecular flexibility index (Phi) is 8.40.